The van der Waals surface area contributed by atoms with Gasteiger partial charge in [-0.05, 0) is 17.7 Å². The van der Waals surface area contributed by atoms with Crippen LogP contribution in [0.1, 0.15) is 16.9 Å². The highest BCUT2D eigenvalue weighted by Crippen LogP contribution is 2.37. The van der Waals surface area contributed by atoms with Gasteiger partial charge >= 0.3 is 0 Å². The Bertz CT molecular complexity index is 963. The molecule has 1 unspecified atom stereocenters. The van der Waals surface area contributed by atoms with Gasteiger partial charge in [0.2, 0.25) is 0 Å². The van der Waals surface area contributed by atoms with Gasteiger partial charge in [0, 0.05) is 46.3 Å². The van der Waals surface area contributed by atoms with Crippen LogP contribution in [0.25, 0.3) is 11.0 Å². The maximum Gasteiger partial charge on any atom is 0.176 e. The second kappa shape index (κ2) is 6.63. The molecule has 0 spiro atoms. The minimum absolute atomic E-state index is 0.147. The van der Waals surface area contributed by atoms with Gasteiger partial charge in [0.15, 0.2) is 11.3 Å². The summed E-state index contributed by atoms with van der Waals surface area (Å²) in [5.74, 6) is 1.54. The molecule has 3 aromatic rings. The van der Waals surface area contributed by atoms with E-state index in [1.165, 1.54) is 0 Å². The molecule has 25 heavy (non-hydrogen) atoms. The van der Waals surface area contributed by atoms with Crippen molar-refractivity contribution in [1.29, 1.82) is 0 Å². The molecule has 0 saturated carbocycles. The van der Waals surface area contributed by atoms with Crippen molar-refractivity contribution in [1.82, 2.24) is 5.32 Å². The third-order valence-corrected chi connectivity index (χ3v) is 5.98. The second-order valence-corrected chi connectivity index (χ2v) is 7.42. The van der Waals surface area contributed by atoms with Crippen LogP contribution >= 0.6 is 0 Å². The first-order valence-corrected chi connectivity index (χ1v) is 9.31. The van der Waals surface area contributed by atoms with E-state index < -0.39 is 10.8 Å². The van der Waals surface area contributed by atoms with Crippen molar-refractivity contribution in [2.45, 2.75) is 29.4 Å². The predicted octanol–water partition coefficient (Wildman–Crippen LogP) is 2.75. The van der Waals surface area contributed by atoms with Crippen molar-refractivity contribution in [3.8, 4) is 5.75 Å². The van der Waals surface area contributed by atoms with Gasteiger partial charge in [-0.1, -0.05) is 18.2 Å². The van der Waals surface area contributed by atoms with Gasteiger partial charge in [-0.25, -0.2) is 4.21 Å². The summed E-state index contributed by atoms with van der Waals surface area (Å²) in [7, 11) is 0.173. The van der Waals surface area contributed by atoms with E-state index in [1.54, 1.807) is 25.3 Å². The van der Waals surface area contributed by atoms with Crippen LogP contribution in [-0.4, -0.2) is 23.0 Å². The molecular weight excluding hydrogens is 338 g/mol. The Labute approximate surface area is 148 Å². The maximum atomic E-state index is 13.1. The molecule has 1 aromatic heterocycles. The van der Waals surface area contributed by atoms with Gasteiger partial charge < -0.3 is 19.6 Å². The lowest BCUT2D eigenvalue weighted by atomic mass is 10.1. The predicted molar refractivity (Wildman–Crippen MR) is 95.2 cm³/mol. The number of hydrogen-bond acceptors (Lipinski definition) is 5. The average molecular weight is 357 g/mol. The summed E-state index contributed by atoms with van der Waals surface area (Å²) in [6.07, 6.45) is 0.832. The van der Waals surface area contributed by atoms with Gasteiger partial charge in [0.25, 0.3) is 0 Å². The fraction of sp³-hybridized carbons (Fsp3) is 0.263. The van der Waals surface area contributed by atoms with Crippen molar-refractivity contribution in [3.63, 3.8) is 0 Å². The highest BCUT2D eigenvalue weighted by atomic mass is 32.2. The zero-order valence-electron chi connectivity index (χ0n) is 13.9. The molecule has 2 heterocycles. The molecule has 6 heteroatoms. The smallest absolute Gasteiger partial charge is 0.176 e. The van der Waals surface area contributed by atoms with E-state index in [4.69, 9.17) is 9.15 Å². The third kappa shape index (κ3) is 2.76. The van der Waals surface area contributed by atoms with Gasteiger partial charge in [-0.3, -0.25) is 0 Å². The Morgan fingerprint density at radius 1 is 1.32 bits per heavy atom. The molecule has 2 N–H and O–H groups in total. The highest BCUT2D eigenvalue weighted by Gasteiger charge is 2.22. The fourth-order valence-corrected chi connectivity index (χ4v) is 4.52. The summed E-state index contributed by atoms with van der Waals surface area (Å²) in [5, 5.41) is 13.8. The number of aliphatic hydroxyl groups is 1. The van der Waals surface area contributed by atoms with Crippen LogP contribution in [0.4, 0.5) is 0 Å². The molecule has 1 atom stereocenters. The van der Waals surface area contributed by atoms with Gasteiger partial charge in [0.05, 0.1) is 24.5 Å². The summed E-state index contributed by atoms with van der Waals surface area (Å²) in [6, 6.07) is 10.9. The zero-order chi connectivity index (χ0) is 17.4. The summed E-state index contributed by atoms with van der Waals surface area (Å²) < 4.78 is 24.6. The summed E-state index contributed by atoms with van der Waals surface area (Å²) in [5.41, 5.74) is 2.47. The number of furan rings is 1. The lowest BCUT2D eigenvalue weighted by Gasteiger charge is -2.11. The van der Waals surface area contributed by atoms with E-state index in [0.29, 0.717) is 26.7 Å². The van der Waals surface area contributed by atoms with Crippen LogP contribution in [-0.2, 0) is 30.4 Å². The summed E-state index contributed by atoms with van der Waals surface area (Å²) >= 11 is 0. The number of fused-ring (bicyclic) bond motifs is 3. The summed E-state index contributed by atoms with van der Waals surface area (Å²) in [4.78, 5) is 1.25. The standard InChI is InChI=1S/C19H19NO4S/c1-23-17-9-13(25(22)18-5-3-2-4-12(18)11-21)8-14-15-10-20-7-6-16(15)24-19(14)17/h2-5,8-9,20-21H,6-7,10-11H2,1H3. The van der Waals surface area contributed by atoms with Crippen LogP contribution in [0.3, 0.4) is 0 Å². The minimum atomic E-state index is -1.41. The number of rotatable bonds is 4. The monoisotopic (exact) mass is 357 g/mol. The van der Waals surface area contributed by atoms with E-state index >= 15 is 0 Å². The molecular formula is C19H19NO4S. The highest BCUT2D eigenvalue weighted by molar-refractivity contribution is 7.85. The van der Waals surface area contributed by atoms with Crippen molar-refractivity contribution in [2.75, 3.05) is 13.7 Å². The van der Waals surface area contributed by atoms with Gasteiger partial charge in [0.1, 0.15) is 5.76 Å². The number of ether oxygens (including phenoxy) is 1. The van der Waals surface area contributed by atoms with Crippen LogP contribution in [0, 0.1) is 0 Å². The molecule has 0 radical (unpaired) electrons. The summed E-state index contributed by atoms with van der Waals surface area (Å²) in [6.45, 7) is 1.47. The minimum Gasteiger partial charge on any atom is -0.493 e. The van der Waals surface area contributed by atoms with E-state index in [9.17, 15) is 9.32 Å². The van der Waals surface area contributed by atoms with Gasteiger partial charge in [-0.2, -0.15) is 0 Å². The third-order valence-electron chi connectivity index (χ3n) is 4.52. The number of hydrogen-bond donors (Lipinski definition) is 2. The Kier molecular flexibility index (Phi) is 4.33. The Morgan fingerprint density at radius 3 is 2.96 bits per heavy atom. The van der Waals surface area contributed by atoms with Crippen LogP contribution in [0.2, 0.25) is 0 Å². The zero-order valence-corrected chi connectivity index (χ0v) is 14.7. The molecule has 0 saturated heterocycles. The van der Waals surface area contributed by atoms with Crippen molar-refractivity contribution in [3.05, 3.63) is 53.3 Å². The first-order valence-electron chi connectivity index (χ1n) is 8.16. The Balaban J connectivity index is 1.89. The number of nitrogens with one attached hydrogen (secondary N) is 1. The van der Waals surface area contributed by atoms with E-state index in [2.05, 4.69) is 5.32 Å². The van der Waals surface area contributed by atoms with Gasteiger partial charge in [-0.15, -0.1) is 0 Å². The largest absolute Gasteiger partial charge is 0.493 e. The number of aliphatic hydroxyl groups excluding tert-OH is 1. The fourth-order valence-electron chi connectivity index (χ4n) is 3.25. The second-order valence-electron chi connectivity index (χ2n) is 5.97. The Hall–Kier alpha value is -2.15. The first-order chi connectivity index (χ1) is 12.2. The number of benzene rings is 2. The quantitative estimate of drug-likeness (QED) is 0.751. The molecule has 0 aliphatic carbocycles. The molecule has 0 bridgehead atoms. The van der Waals surface area contributed by atoms with Crippen molar-refractivity contribution in [2.24, 2.45) is 0 Å². The molecule has 1 aliphatic rings. The van der Waals surface area contributed by atoms with Crippen molar-refractivity contribution < 1.29 is 18.5 Å². The molecule has 0 fully saturated rings. The van der Waals surface area contributed by atoms with Crippen LogP contribution in [0.5, 0.6) is 5.75 Å². The normalized spacial score (nSPS) is 15.1. The Morgan fingerprint density at radius 2 is 2.16 bits per heavy atom. The molecule has 5 nitrogen and oxygen atoms in total. The molecule has 1 aliphatic heterocycles. The SMILES string of the molecule is COc1cc(S(=O)c2ccccc2CO)cc2c3c(oc12)CCNC3. The van der Waals surface area contributed by atoms with Crippen LogP contribution < -0.4 is 10.1 Å². The molecule has 0 amide bonds. The molecule has 4 rings (SSSR count). The van der Waals surface area contributed by atoms with Crippen molar-refractivity contribution >= 4 is 21.8 Å². The lowest BCUT2D eigenvalue weighted by Crippen LogP contribution is -2.22. The molecule has 2 aromatic carbocycles. The number of methoxy groups -OCH3 is 1. The first kappa shape index (κ1) is 16.3. The van der Waals surface area contributed by atoms with E-state index in [1.807, 2.05) is 18.2 Å². The van der Waals surface area contributed by atoms with E-state index in [0.717, 1.165) is 36.2 Å². The van der Waals surface area contributed by atoms with Crippen LogP contribution in [0.15, 0.2) is 50.6 Å². The lowest BCUT2D eigenvalue weighted by molar-refractivity contribution is 0.278. The average Bonchev–Trinajstić information content (AvgIpc) is 3.05. The topological polar surface area (TPSA) is 71.7 Å². The molecule has 130 valence electrons. The maximum absolute atomic E-state index is 13.1. The van der Waals surface area contributed by atoms with E-state index in [-0.39, 0.29) is 6.61 Å².